The first-order valence-electron chi connectivity index (χ1n) is 10.5. The SMILES string of the molecule is Cc1occc1-c1nnc(SCC(=O)Nc2c(C#N)c(C)c(C)n2Cc2ccc(F)cc2)n1C. The molecule has 10 heteroatoms. The predicted octanol–water partition coefficient (Wildman–Crippen LogP) is 4.59. The molecule has 1 amide bonds. The first kappa shape index (κ1) is 23.3. The van der Waals surface area contributed by atoms with Crippen molar-refractivity contribution >= 4 is 23.5 Å². The van der Waals surface area contributed by atoms with Crippen LogP contribution >= 0.6 is 11.8 Å². The number of nitrogens with one attached hydrogen (secondary N) is 1. The Balaban J connectivity index is 1.51. The van der Waals surface area contributed by atoms with Crippen molar-refractivity contribution in [3.8, 4) is 17.5 Å². The number of rotatable bonds is 7. The number of hydrogen-bond donors (Lipinski definition) is 1. The van der Waals surface area contributed by atoms with E-state index in [1.807, 2.05) is 43.0 Å². The molecular weight excluding hydrogens is 455 g/mol. The van der Waals surface area contributed by atoms with E-state index in [1.165, 1.54) is 23.9 Å². The van der Waals surface area contributed by atoms with Gasteiger partial charge in [-0.15, -0.1) is 10.2 Å². The van der Waals surface area contributed by atoms with E-state index in [2.05, 4.69) is 21.6 Å². The van der Waals surface area contributed by atoms with Gasteiger partial charge in [0.25, 0.3) is 0 Å². The lowest BCUT2D eigenvalue weighted by atomic mass is 10.2. The van der Waals surface area contributed by atoms with Crippen LogP contribution < -0.4 is 5.32 Å². The summed E-state index contributed by atoms with van der Waals surface area (Å²) in [4.78, 5) is 12.8. The molecule has 0 aliphatic heterocycles. The molecule has 0 aliphatic carbocycles. The molecule has 1 N–H and O–H groups in total. The number of aryl methyl sites for hydroxylation is 1. The molecule has 0 unspecified atom stereocenters. The highest BCUT2D eigenvalue weighted by molar-refractivity contribution is 7.99. The van der Waals surface area contributed by atoms with Crippen molar-refractivity contribution in [3.63, 3.8) is 0 Å². The van der Waals surface area contributed by atoms with Gasteiger partial charge in [0.15, 0.2) is 11.0 Å². The third kappa shape index (κ3) is 4.47. The minimum atomic E-state index is -0.317. The lowest BCUT2D eigenvalue weighted by Crippen LogP contribution is -2.19. The van der Waals surface area contributed by atoms with Gasteiger partial charge in [-0.3, -0.25) is 4.79 Å². The number of aromatic nitrogens is 4. The maximum Gasteiger partial charge on any atom is 0.235 e. The first-order chi connectivity index (χ1) is 16.3. The minimum absolute atomic E-state index is 0.0844. The number of anilines is 1. The van der Waals surface area contributed by atoms with Gasteiger partial charge >= 0.3 is 0 Å². The summed E-state index contributed by atoms with van der Waals surface area (Å²) < 4.78 is 22.3. The largest absolute Gasteiger partial charge is 0.469 e. The standard InChI is InChI=1S/C24H23FN6O2S/c1-14-15(2)31(12-17-5-7-18(25)8-6-17)22(20(14)11-26)27-21(32)13-34-24-29-28-23(30(24)4)19-9-10-33-16(19)3/h5-10H,12-13H2,1-4H3,(H,27,32). The molecule has 0 aliphatic rings. The molecule has 0 bridgehead atoms. The molecule has 0 spiro atoms. The molecule has 0 saturated heterocycles. The van der Waals surface area contributed by atoms with E-state index in [0.29, 0.717) is 28.9 Å². The third-order valence-corrected chi connectivity index (χ3v) is 6.74. The number of halogens is 1. The van der Waals surface area contributed by atoms with Crippen molar-refractivity contribution in [2.75, 3.05) is 11.1 Å². The third-order valence-electron chi connectivity index (χ3n) is 5.72. The quantitative estimate of drug-likeness (QED) is 0.390. The first-order valence-corrected chi connectivity index (χ1v) is 11.5. The summed E-state index contributed by atoms with van der Waals surface area (Å²) in [5, 5.41) is 21.6. The maximum atomic E-state index is 13.3. The van der Waals surface area contributed by atoms with E-state index in [4.69, 9.17) is 4.42 Å². The van der Waals surface area contributed by atoms with Crippen molar-refractivity contribution in [3.05, 3.63) is 70.6 Å². The summed E-state index contributed by atoms with van der Waals surface area (Å²) in [7, 11) is 1.83. The zero-order chi connectivity index (χ0) is 24.4. The van der Waals surface area contributed by atoms with Gasteiger partial charge in [0.1, 0.15) is 23.5 Å². The van der Waals surface area contributed by atoms with Crippen LogP contribution in [0.3, 0.4) is 0 Å². The Morgan fingerprint density at radius 2 is 1.94 bits per heavy atom. The van der Waals surface area contributed by atoms with Crippen LogP contribution in [0.15, 0.2) is 46.2 Å². The van der Waals surface area contributed by atoms with Crippen LogP contribution in [0.2, 0.25) is 0 Å². The van der Waals surface area contributed by atoms with Crippen LogP contribution in [0.25, 0.3) is 11.4 Å². The van der Waals surface area contributed by atoms with Gasteiger partial charge in [0.05, 0.1) is 23.1 Å². The van der Waals surface area contributed by atoms with Crippen LogP contribution in [-0.4, -0.2) is 31.0 Å². The van der Waals surface area contributed by atoms with Gasteiger partial charge in [0, 0.05) is 19.3 Å². The summed E-state index contributed by atoms with van der Waals surface area (Å²) in [5.41, 5.74) is 3.76. The zero-order valence-electron chi connectivity index (χ0n) is 19.2. The van der Waals surface area contributed by atoms with Gasteiger partial charge in [-0.2, -0.15) is 5.26 Å². The Hall–Kier alpha value is -3.84. The molecule has 3 heterocycles. The number of furan rings is 1. The topological polar surface area (TPSA) is 102 Å². The summed E-state index contributed by atoms with van der Waals surface area (Å²) in [6.45, 7) is 5.98. The molecular formula is C24H23FN6O2S. The van der Waals surface area contributed by atoms with E-state index in [-0.39, 0.29) is 17.5 Å². The van der Waals surface area contributed by atoms with Crippen LogP contribution in [-0.2, 0) is 18.4 Å². The molecule has 0 radical (unpaired) electrons. The molecule has 4 aromatic rings. The predicted molar refractivity (Wildman–Crippen MR) is 127 cm³/mol. The molecule has 4 rings (SSSR count). The molecule has 0 fully saturated rings. The van der Waals surface area contributed by atoms with Crippen molar-refractivity contribution in [2.24, 2.45) is 7.05 Å². The highest BCUT2D eigenvalue weighted by atomic mass is 32.2. The number of carbonyl (C=O) groups excluding carboxylic acids is 1. The summed E-state index contributed by atoms with van der Waals surface area (Å²) >= 11 is 1.25. The van der Waals surface area contributed by atoms with Gasteiger partial charge in [0.2, 0.25) is 5.91 Å². The highest BCUT2D eigenvalue weighted by Crippen LogP contribution is 2.29. The Bertz CT molecular complexity index is 1390. The number of amides is 1. The Labute approximate surface area is 200 Å². The van der Waals surface area contributed by atoms with Crippen LogP contribution in [0.4, 0.5) is 10.2 Å². The molecule has 0 saturated carbocycles. The number of nitrogens with zero attached hydrogens (tertiary/aromatic N) is 5. The van der Waals surface area contributed by atoms with Gasteiger partial charge < -0.3 is 18.9 Å². The van der Waals surface area contributed by atoms with Crippen LogP contribution in [0, 0.1) is 37.9 Å². The Morgan fingerprint density at radius 1 is 1.21 bits per heavy atom. The number of hydrogen-bond acceptors (Lipinski definition) is 6. The van der Waals surface area contributed by atoms with Gasteiger partial charge in [-0.25, -0.2) is 4.39 Å². The van der Waals surface area contributed by atoms with Crippen molar-refractivity contribution < 1.29 is 13.6 Å². The second kappa shape index (κ2) is 9.57. The zero-order valence-corrected chi connectivity index (χ0v) is 20.0. The van der Waals surface area contributed by atoms with Crippen molar-refractivity contribution in [1.29, 1.82) is 5.26 Å². The fourth-order valence-corrected chi connectivity index (χ4v) is 4.40. The number of thioether (sulfide) groups is 1. The van der Waals surface area contributed by atoms with E-state index < -0.39 is 0 Å². The summed E-state index contributed by atoms with van der Waals surface area (Å²) in [6, 6.07) is 10.2. The maximum absolute atomic E-state index is 13.3. The number of nitriles is 1. The van der Waals surface area contributed by atoms with Crippen LogP contribution in [0.1, 0.15) is 28.1 Å². The molecule has 0 atom stereocenters. The van der Waals surface area contributed by atoms with Gasteiger partial charge in [-0.05, 0) is 50.1 Å². The highest BCUT2D eigenvalue weighted by Gasteiger charge is 2.21. The number of carbonyl (C=O) groups is 1. The van der Waals surface area contributed by atoms with E-state index in [9.17, 15) is 14.4 Å². The normalized spacial score (nSPS) is 10.9. The molecule has 3 aromatic heterocycles. The lowest BCUT2D eigenvalue weighted by Gasteiger charge is -2.13. The molecule has 34 heavy (non-hydrogen) atoms. The fraction of sp³-hybridized carbons (Fsp3) is 0.250. The molecule has 1 aromatic carbocycles. The summed E-state index contributed by atoms with van der Waals surface area (Å²) in [6.07, 6.45) is 1.59. The average Bonchev–Trinajstić information content (AvgIpc) is 3.46. The molecule has 8 nitrogen and oxygen atoms in total. The monoisotopic (exact) mass is 478 g/mol. The lowest BCUT2D eigenvalue weighted by molar-refractivity contribution is -0.113. The average molecular weight is 479 g/mol. The van der Waals surface area contributed by atoms with Gasteiger partial charge in [-0.1, -0.05) is 23.9 Å². The van der Waals surface area contributed by atoms with Crippen molar-refractivity contribution in [2.45, 2.75) is 32.5 Å². The minimum Gasteiger partial charge on any atom is -0.469 e. The Kier molecular flexibility index (Phi) is 6.56. The second-order valence-corrected chi connectivity index (χ2v) is 8.79. The Morgan fingerprint density at radius 3 is 2.59 bits per heavy atom. The summed E-state index contributed by atoms with van der Waals surface area (Å²) in [5.74, 6) is 1.31. The van der Waals surface area contributed by atoms with Crippen LogP contribution in [0.5, 0.6) is 0 Å². The van der Waals surface area contributed by atoms with E-state index in [1.54, 1.807) is 18.4 Å². The second-order valence-electron chi connectivity index (χ2n) is 7.85. The molecule has 174 valence electrons. The van der Waals surface area contributed by atoms with Crippen molar-refractivity contribution in [1.82, 2.24) is 19.3 Å². The van der Waals surface area contributed by atoms with E-state index >= 15 is 0 Å². The fourth-order valence-electron chi connectivity index (χ4n) is 3.69. The smallest absolute Gasteiger partial charge is 0.235 e. The van der Waals surface area contributed by atoms with E-state index in [0.717, 1.165) is 28.1 Å². The number of benzene rings is 1.